The molecule has 0 N–H and O–H groups in total. The van der Waals surface area contributed by atoms with Gasteiger partial charge in [-0.15, -0.1) is 11.3 Å². The fraction of sp³-hybridized carbons (Fsp3) is 0.786. The Morgan fingerprint density at radius 3 is 2.74 bits per heavy atom. The van der Waals surface area contributed by atoms with E-state index < -0.39 is 0 Å². The normalized spacial score (nSPS) is 26.1. The van der Waals surface area contributed by atoms with Gasteiger partial charge in [0.25, 0.3) is 0 Å². The first-order valence-electron chi connectivity index (χ1n) is 7.23. The van der Waals surface area contributed by atoms with Crippen LogP contribution in [0.3, 0.4) is 0 Å². The van der Waals surface area contributed by atoms with Crippen LogP contribution in [0.15, 0.2) is 5.38 Å². The fourth-order valence-corrected chi connectivity index (χ4v) is 3.54. The standard InChI is InChI=1S/C14H23N3OS/c1-12-15-14(11-19-12)9-17-5-3-16(4-6-17)8-13-2-7-18-10-13/h11,13H,2-10H2,1H3/t13-/m0/s1. The van der Waals surface area contributed by atoms with E-state index in [1.807, 2.05) is 0 Å². The average molecular weight is 281 g/mol. The lowest BCUT2D eigenvalue weighted by molar-refractivity contribution is 0.106. The number of rotatable bonds is 4. The largest absolute Gasteiger partial charge is 0.381 e. The lowest BCUT2D eigenvalue weighted by atomic mass is 10.1. The molecular weight excluding hydrogens is 258 g/mol. The monoisotopic (exact) mass is 281 g/mol. The van der Waals surface area contributed by atoms with E-state index in [1.54, 1.807) is 11.3 Å². The van der Waals surface area contributed by atoms with Crippen LogP contribution in [-0.2, 0) is 11.3 Å². The van der Waals surface area contributed by atoms with E-state index in [0.29, 0.717) is 0 Å². The SMILES string of the molecule is Cc1nc(CN2CCN(C[C@@H]3CCOC3)CC2)cs1. The van der Waals surface area contributed by atoms with Gasteiger partial charge in [-0.1, -0.05) is 0 Å². The molecule has 19 heavy (non-hydrogen) atoms. The second-order valence-electron chi connectivity index (χ2n) is 5.66. The van der Waals surface area contributed by atoms with Crippen molar-refractivity contribution in [3.63, 3.8) is 0 Å². The number of nitrogens with zero attached hydrogens (tertiary/aromatic N) is 3. The van der Waals surface area contributed by atoms with Gasteiger partial charge < -0.3 is 9.64 Å². The molecule has 2 fully saturated rings. The van der Waals surface area contributed by atoms with Gasteiger partial charge in [0.1, 0.15) is 0 Å². The third kappa shape index (κ3) is 3.75. The summed E-state index contributed by atoms with van der Waals surface area (Å²) in [6.07, 6.45) is 1.25. The molecule has 4 nitrogen and oxygen atoms in total. The molecule has 1 atom stereocenters. The zero-order valence-electron chi connectivity index (χ0n) is 11.7. The molecule has 0 aromatic carbocycles. The van der Waals surface area contributed by atoms with Gasteiger partial charge in [-0.05, 0) is 19.3 Å². The van der Waals surface area contributed by atoms with E-state index in [9.17, 15) is 0 Å². The second-order valence-corrected chi connectivity index (χ2v) is 6.73. The van der Waals surface area contributed by atoms with E-state index >= 15 is 0 Å². The van der Waals surface area contributed by atoms with E-state index in [4.69, 9.17) is 4.74 Å². The number of hydrogen-bond acceptors (Lipinski definition) is 5. The van der Waals surface area contributed by atoms with Crippen molar-refractivity contribution in [1.29, 1.82) is 0 Å². The van der Waals surface area contributed by atoms with E-state index in [1.165, 1.54) is 49.8 Å². The Bertz CT molecular complexity index is 395. The van der Waals surface area contributed by atoms with Gasteiger partial charge in [0.15, 0.2) is 0 Å². The van der Waals surface area contributed by atoms with Gasteiger partial charge in [-0.2, -0.15) is 0 Å². The number of aryl methyl sites for hydroxylation is 1. The summed E-state index contributed by atoms with van der Waals surface area (Å²) < 4.78 is 5.46. The molecule has 3 heterocycles. The van der Waals surface area contributed by atoms with Crippen molar-refractivity contribution in [3.05, 3.63) is 16.1 Å². The third-order valence-corrected chi connectivity index (χ3v) is 4.88. The van der Waals surface area contributed by atoms with Crippen LogP contribution in [-0.4, -0.2) is 60.7 Å². The molecule has 0 saturated carbocycles. The van der Waals surface area contributed by atoms with Crippen molar-refractivity contribution >= 4 is 11.3 Å². The molecule has 0 spiro atoms. The van der Waals surface area contributed by atoms with Gasteiger partial charge in [0.2, 0.25) is 0 Å². The van der Waals surface area contributed by atoms with E-state index in [-0.39, 0.29) is 0 Å². The van der Waals surface area contributed by atoms with Gasteiger partial charge in [0.05, 0.1) is 17.3 Å². The fourth-order valence-electron chi connectivity index (χ4n) is 2.93. The summed E-state index contributed by atoms with van der Waals surface area (Å²) >= 11 is 1.75. The third-order valence-electron chi connectivity index (χ3n) is 4.06. The van der Waals surface area contributed by atoms with Crippen molar-refractivity contribution in [1.82, 2.24) is 14.8 Å². The van der Waals surface area contributed by atoms with Crippen LogP contribution in [0.5, 0.6) is 0 Å². The minimum absolute atomic E-state index is 0.771. The Morgan fingerprint density at radius 2 is 2.11 bits per heavy atom. The molecule has 2 aliphatic rings. The number of piperazine rings is 1. The van der Waals surface area contributed by atoms with Gasteiger partial charge in [0, 0.05) is 51.3 Å². The molecule has 0 bridgehead atoms. The molecule has 2 saturated heterocycles. The smallest absolute Gasteiger partial charge is 0.0897 e. The summed E-state index contributed by atoms with van der Waals surface area (Å²) in [5.74, 6) is 0.771. The minimum Gasteiger partial charge on any atom is -0.381 e. The molecule has 1 aromatic rings. The first-order chi connectivity index (χ1) is 9.29. The average Bonchev–Trinajstić information content (AvgIpc) is 3.04. The lowest BCUT2D eigenvalue weighted by Gasteiger charge is -2.35. The molecular formula is C14H23N3OS. The van der Waals surface area contributed by atoms with Crippen LogP contribution < -0.4 is 0 Å². The summed E-state index contributed by atoms with van der Waals surface area (Å²) in [6.45, 7) is 11.0. The molecule has 0 aliphatic carbocycles. The number of aromatic nitrogens is 1. The highest BCUT2D eigenvalue weighted by Crippen LogP contribution is 2.16. The highest BCUT2D eigenvalue weighted by atomic mass is 32.1. The summed E-state index contributed by atoms with van der Waals surface area (Å²) in [4.78, 5) is 9.68. The minimum atomic E-state index is 0.771. The van der Waals surface area contributed by atoms with Crippen LogP contribution in [0.25, 0.3) is 0 Å². The van der Waals surface area contributed by atoms with Crippen LogP contribution in [0, 0.1) is 12.8 Å². The molecule has 2 aliphatic heterocycles. The summed E-state index contributed by atoms with van der Waals surface area (Å²) in [5, 5.41) is 3.37. The highest BCUT2D eigenvalue weighted by molar-refractivity contribution is 7.09. The van der Waals surface area contributed by atoms with Crippen molar-refractivity contribution < 1.29 is 4.74 Å². The van der Waals surface area contributed by atoms with Crippen LogP contribution >= 0.6 is 11.3 Å². The number of thiazole rings is 1. The summed E-state index contributed by atoms with van der Waals surface area (Å²) in [7, 11) is 0. The molecule has 3 rings (SSSR count). The van der Waals surface area contributed by atoms with Crippen LogP contribution in [0.1, 0.15) is 17.1 Å². The molecule has 0 unspecified atom stereocenters. The van der Waals surface area contributed by atoms with Gasteiger partial charge >= 0.3 is 0 Å². The first kappa shape index (κ1) is 13.5. The van der Waals surface area contributed by atoms with E-state index in [2.05, 4.69) is 27.1 Å². The Morgan fingerprint density at radius 1 is 1.32 bits per heavy atom. The van der Waals surface area contributed by atoms with Crippen molar-refractivity contribution in [3.8, 4) is 0 Å². The Labute approximate surface area is 119 Å². The molecule has 0 amide bonds. The van der Waals surface area contributed by atoms with E-state index in [0.717, 1.165) is 25.7 Å². The van der Waals surface area contributed by atoms with Crippen molar-refractivity contribution in [2.75, 3.05) is 45.9 Å². The Balaban J connectivity index is 1.41. The van der Waals surface area contributed by atoms with Crippen molar-refractivity contribution in [2.24, 2.45) is 5.92 Å². The zero-order valence-corrected chi connectivity index (χ0v) is 12.5. The predicted octanol–water partition coefficient (Wildman–Crippen LogP) is 1.61. The van der Waals surface area contributed by atoms with Crippen LogP contribution in [0.4, 0.5) is 0 Å². The Kier molecular flexibility index (Phi) is 4.48. The molecule has 5 heteroatoms. The maximum Gasteiger partial charge on any atom is 0.0897 e. The zero-order chi connectivity index (χ0) is 13.1. The maximum atomic E-state index is 5.46. The number of ether oxygens (including phenoxy) is 1. The van der Waals surface area contributed by atoms with Gasteiger partial charge in [-0.3, -0.25) is 4.90 Å². The van der Waals surface area contributed by atoms with Crippen LogP contribution in [0.2, 0.25) is 0 Å². The summed E-state index contributed by atoms with van der Waals surface area (Å²) in [6, 6.07) is 0. The lowest BCUT2D eigenvalue weighted by Crippen LogP contribution is -2.47. The molecule has 0 radical (unpaired) electrons. The topological polar surface area (TPSA) is 28.6 Å². The number of hydrogen-bond donors (Lipinski definition) is 0. The maximum absolute atomic E-state index is 5.46. The Hall–Kier alpha value is -0.490. The first-order valence-corrected chi connectivity index (χ1v) is 8.11. The molecule has 1 aromatic heterocycles. The van der Waals surface area contributed by atoms with Crippen molar-refractivity contribution in [2.45, 2.75) is 19.9 Å². The predicted molar refractivity (Wildman–Crippen MR) is 77.5 cm³/mol. The highest BCUT2D eigenvalue weighted by Gasteiger charge is 2.22. The second kappa shape index (κ2) is 6.31. The quantitative estimate of drug-likeness (QED) is 0.838. The molecule has 106 valence electrons. The summed E-state index contributed by atoms with van der Waals surface area (Å²) in [5.41, 5.74) is 1.24. The van der Waals surface area contributed by atoms with Gasteiger partial charge in [-0.25, -0.2) is 4.98 Å².